The maximum absolute atomic E-state index is 13.1. The first kappa shape index (κ1) is 23.3. The van der Waals surface area contributed by atoms with Crippen molar-refractivity contribution in [3.05, 3.63) is 70.7 Å². The topological polar surface area (TPSA) is 49.4 Å². The van der Waals surface area contributed by atoms with Crippen molar-refractivity contribution in [1.82, 2.24) is 10.2 Å². The SMILES string of the molecule is CCCNC(=O)C(CC)N(Cc1ccccc1)C(=O)CSCc1ccccc1Cl. The predicted octanol–water partition coefficient (Wildman–Crippen LogP) is 4.91. The van der Waals surface area contributed by atoms with Gasteiger partial charge in [0.05, 0.1) is 5.75 Å². The van der Waals surface area contributed by atoms with Gasteiger partial charge >= 0.3 is 0 Å². The minimum atomic E-state index is -0.477. The Kier molecular flexibility index (Phi) is 10.1. The van der Waals surface area contributed by atoms with Gasteiger partial charge in [-0.05, 0) is 30.0 Å². The van der Waals surface area contributed by atoms with Gasteiger partial charge in [0.25, 0.3) is 0 Å². The molecule has 0 heterocycles. The molecule has 156 valence electrons. The summed E-state index contributed by atoms with van der Waals surface area (Å²) < 4.78 is 0. The Morgan fingerprint density at radius 3 is 2.41 bits per heavy atom. The number of benzene rings is 2. The minimum absolute atomic E-state index is 0.0376. The molecule has 2 aromatic carbocycles. The molecule has 1 N–H and O–H groups in total. The second kappa shape index (κ2) is 12.6. The van der Waals surface area contributed by atoms with Gasteiger partial charge in [-0.2, -0.15) is 0 Å². The molecule has 0 aromatic heterocycles. The van der Waals surface area contributed by atoms with Crippen molar-refractivity contribution in [2.24, 2.45) is 0 Å². The normalized spacial score (nSPS) is 11.7. The third kappa shape index (κ3) is 7.41. The Bertz CT molecular complexity index is 785. The highest BCUT2D eigenvalue weighted by atomic mass is 35.5. The lowest BCUT2D eigenvalue weighted by atomic mass is 10.1. The van der Waals surface area contributed by atoms with Crippen LogP contribution >= 0.6 is 23.4 Å². The van der Waals surface area contributed by atoms with Crippen molar-refractivity contribution in [2.45, 2.75) is 45.0 Å². The van der Waals surface area contributed by atoms with Crippen LogP contribution < -0.4 is 5.32 Å². The molecular formula is C23H29ClN2O2S. The first-order valence-corrected chi connectivity index (χ1v) is 11.5. The second-order valence-corrected chi connectivity index (χ2v) is 8.20. The molecule has 0 bridgehead atoms. The van der Waals surface area contributed by atoms with E-state index < -0.39 is 6.04 Å². The number of hydrogen-bond donors (Lipinski definition) is 1. The van der Waals surface area contributed by atoms with E-state index in [0.717, 1.165) is 17.5 Å². The zero-order chi connectivity index (χ0) is 21.1. The van der Waals surface area contributed by atoms with E-state index in [0.29, 0.717) is 36.0 Å². The lowest BCUT2D eigenvalue weighted by Crippen LogP contribution is -2.49. The fraction of sp³-hybridized carbons (Fsp3) is 0.391. The quantitative estimate of drug-likeness (QED) is 0.549. The van der Waals surface area contributed by atoms with E-state index in [1.165, 1.54) is 11.8 Å². The molecule has 29 heavy (non-hydrogen) atoms. The van der Waals surface area contributed by atoms with Gasteiger partial charge < -0.3 is 10.2 Å². The Hall–Kier alpha value is -1.98. The molecule has 2 amide bonds. The fourth-order valence-corrected chi connectivity index (χ4v) is 4.21. The van der Waals surface area contributed by atoms with Gasteiger partial charge in [-0.25, -0.2) is 0 Å². The molecule has 0 saturated heterocycles. The van der Waals surface area contributed by atoms with Gasteiger partial charge in [0.2, 0.25) is 11.8 Å². The maximum atomic E-state index is 13.1. The summed E-state index contributed by atoms with van der Waals surface area (Å²) in [4.78, 5) is 27.5. The number of nitrogens with zero attached hydrogens (tertiary/aromatic N) is 1. The van der Waals surface area contributed by atoms with E-state index in [-0.39, 0.29) is 11.8 Å². The first-order chi connectivity index (χ1) is 14.1. The lowest BCUT2D eigenvalue weighted by Gasteiger charge is -2.30. The molecule has 1 atom stereocenters. The number of amides is 2. The Morgan fingerprint density at radius 1 is 1.07 bits per heavy atom. The number of carbonyl (C=O) groups is 2. The highest BCUT2D eigenvalue weighted by Gasteiger charge is 2.28. The molecule has 0 radical (unpaired) electrons. The van der Waals surface area contributed by atoms with Crippen molar-refractivity contribution in [3.8, 4) is 0 Å². The number of nitrogens with one attached hydrogen (secondary N) is 1. The molecule has 0 fully saturated rings. The molecule has 0 aliphatic heterocycles. The Balaban J connectivity index is 2.08. The highest BCUT2D eigenvalue weighted by molar-refractivity contribution is 7.99. The number of hydrogen-bond acceptors (Lipinski definition) is 3. The molecule has 6 heteroatoms. The van der Waals surface area contributed by atoms with Crippen LogP contribution in [0.2, 0.25) is 5.02 Å². The molecule has 2 aromatic rings. The van der Waals surface area contributed by atoms with Crippen molar-refractivity contribution in [2.75, 3.05) is 12.3 Å². The van der Waals surface area contributed by atoms with E-state index >= 15 is 0 Å². The molecular weight excluding hydrogens is 404 g/mol. The Morgan fingerprint density at radius 2 is 1.76 bits per heavy atom. The summed E-state index contributed by atoms with van der Waals surface area (Å²) in [6, 6.07) is 17.0. The average Bonchev–Trinajstić information content (AvgIpc) is 2.74. The molecule has 2 rings (SSSR count). The summed E-state index contributed by atoms with van der Waals surface area (Å²) in [7, 11) is 0. The van der Waals surface area contributed by atoms with Crippen molar-refractivity contribution >= 4 is 35.2 Å². The van der Waals surface area contributed by atoms with Crippen molar-refractivity contribution in [1.29, 1.82) is 0 Å². The van der Waals surface area contributed by atoms with Crippen LogP contribution in [-0.2, 0) is 21.9 Å². The van der Waals surface area contributed by atoms with Gasteiger partial charge in [-0.15, -0.1) is 11.8 Å². The smallest absolute Gasteiger partial charge is 0.242 e. The zero-order valence-electron chi connectivity index (χ0n) is 17.1. The Labute approximate surface area is 183 Å². The largest absolute Gasteiger partial charge is 0.354 e. The molecule has 0 aliphatic carbocycles. The summed E-state index contributed by atoms with van der Waals surface area (Å²) >= 11 is 7.73. The summed E-state index contributed by atoms with van der Waals surface area (Å²) in [5.74, 6) is 0.832. The van der Waals surface area contributed by atoms with Crippen LogP contribution in [0.25, 0.3) is 0 Å². The lowest BCUT2D eigenvalue weighted by molar-refractivity contribution is -0.139. The van der Waals surface area contributed by atoms with Crippen LogP contribution in [0.1, 0.15) is 37.8 Å². The average molecular weight is 433 g/mol. The summed E-state index contributed by atoms with van der Waals surface area (Å²) in [5.41, 5.74) is 2.02. The van der Waals surface area contributed by atoms with Crippen LogP contribution in [0.15, 0.2) is 54.6 Å². The zero-order valence-corrected chi connectivity index (χ0v) is 18.6. The van der Waals surface area contributed by atoms with E-state index in [9.17, 15) is 9.59 Å². The number of rotatable bonds is 11. The standard InChI is InChI=1S/C23H29ClN2O2S/c1-3-14-25-23(28)21(4-2)26(15-18-10-6-5-7-11-18)22(27)17-29-16-19-12-8-9-13-20(19)24/h5-13,21H,3-4,14-17H2,1-2H3,(H,25,28). The molecule has 0 saturated carbocycles. The van der Waals surface area contributed by atoms with E-state index in [2.05, 4.69) is 5.32 Å². The summed E-state index contributed by atoms with van der Waals surface area (Å²) in [6.07, 6.45) is 1.44. The second-order valence-electron chi connectivity index (χ2n) is 6.81. The molecule has 0 aliphatic rings. The predicted molar refractivity (Wildman–Crippen MR) is 122 cm³/mol. The number of halogens is 1. The third-order valence-electron chi connectivity index (χ3n) is 4.57. The van der Waals surface area contributed by atoms with Crippen molar-refractivity contribution in [3.63, 3.8) is 0 Å². The van der Waals surface area contributed by atoms with Crippen LogP contribution in [0.4, 0.5) is 0 Å². The minimum Gasteiger partial charge on any atom is -0.354 e. The van der Waals surface area contributed by atoms with Gasteiger partial charge in [-0.1, -0.05) is 74.0 Å². The van der Waals surface area contributed by atoms with Gasteiger partial charge in [0, 0.05) is 23.9 Å². The summed E-state index contributed by atoms with van der Waals surface area (Å²) in [5, 5.41) is 3.64. The molecule has 0 spiro atoms. The molecule has 1 unspecified atom stereocenters. The fourth-order valence-electron chi connectivity index (χ4n) is 3.01. The van der Waals surface area contributed by atoms with Gasteiger partial charge in [0.15, 0.2) is 0 Å². The monoisotopic (exact) mass is 432 g/mol. The van der Waals surface area contributed by atoms with Gasteiger partial charge in [-0.3, -0.25) is 9.59 Å². The van der Waals surface area contributed by atoms with Crippen LogP contribution in [0, 0.1) is 0 Å². The van der Waals surface area contributed by atoms with Crippen LogP contribution in [-0.4, -0.2) is 35.1 Å². The van der Waals surface area contributed by atoms with Crippen LogP contribution in [0.3, 0.4) is 0 Å². The number of thioether (sulfide) groups is 1. The van der Waals surface area contributed by atoms with E-state index in [1.807, 2.05) is 68.4 Å². The first-order valence-electron chi connectivity index (χ1n) is 9.99. The number of carbonyl (C=O) groups excluding carboxylic acids is 2. The summed E-state index contributed by atoms with van der Waals surface area (Å²) in [6.45, 7) is 4.99. The van der Waals surface area contributed by atoms with Crippen LogP contribution in [0.5, 0.6) is 0 Å². The molecule has 4 nitrogen and oxygen atoms in total. The van der Waals surface area contributed by atoms with E-state index in [4.69, 9.17) is 11.6 Å². The van der Waals surface area contributed by atoms with Crippen molar-refractivity contribution < 1.29 is 9.59 Å². The third-order valence-corrected chi connectivity index (χ3v) is 5.91. The maximum Gasteiger partial charge on any atom is 0.242 e. The van der Waals surface area contributed by atoms with Gasteiger partial charge in [0.1, 0.15) is 6.04 Å². The van der Waals surface area contributed by atoms with E-state index in [1.54, 1.807) is 4.90 Å². The highest BCUT2D eigenvalue weighted by Crippen LogP contribution is 2.22.